The highest BCUT2D eigenvalue weighted by Crippen LogP contribution is 2.34. The second-order valence-corrected chi connectivity index (χ2v) is 6.77. The number of nitrogens with zero attached hydrogens (tertiary/aromatic N) is 1. The van der Waals surface area contributed by atoms with Crippen LogP contribution in [0, 0.1) is 5.41 Å². The van der Waals surface area contributed by atoms with E-state index in [2.05, 4.69) is 13.8 Å². The second-order valence-electron chi connectivity index (χ2n) is 6.77. The molecule has 1 N–H and O–H groups in total. The van der Waals surface area contributed by atoms with Gasteiger partial charge >= 0.3 is 5.97 Å². The molecule has 1 amide bonds. The molecule has 1 fully saturated rings. The van der Waals surface area contributed by atoms with Crippen molar-refractivity contribution in [2.75, 3.05) is 26.3 Å². The molecular weight excluding hydrogens is 322 g/mol. The zero-order valence-corrected chi connectivity index (χ0v) is 15.2. The predicted molar refractivity (Wildman–Crippen MR) is 94.3 cm³/mol. The monoisotopic (exact) mass is 349 g/mol. The van der Waals surface area contributed by atoms with Gasteiger partial charge in [-0.2, -0.15) is 0 Å². The highest BCUT2D eigenvalue weighted by atomic mass is 16.5. The van der Waals surface area contributed by atoms with Crippen LogP contribution in [-0.2, 0) is 4.79 Å². The van der Waals surface area contributed by atoms with Gasteiger partial charge < -0.3 is 19.5 Å². The summed E-state index contributed by atoms with van der Waals surface area (Å²) >= 11 is 0. The minimum Gasteiger partial charge on any atom is -0.490 e. The molecule has 6 nitrogen and oxygen atoms in total. The first-order chi connectivity index (χ1) is 11.9. The number of carbonyl (C=O) groups excluding carboxylic acids is 1. The molecule has 0 aliphatic carbocycles. The van der Waals surface area contributed by atoms with Crippen molar-refractivity contribution < 1.29 is 24.2 Å². The van der Waals surface area contributed by atoms with Gasteiger partial charge in [-0.15, -0.1) is 0 Å². The number of hydrogen-bond donors (Lipinski definition) is 1. The molecule has 6 heteroatoms. The lowest BCUT2D eigenvalue weighted by Crippen LogP contribution is -2.44. The summed E-state index contributed by atoms with van der Waals surface area (Å²) in [7, 11) is 0. The van der Waals surface area contributed by atoms with Crippen LogP contribution in [0.25, 0.3) is 0 Å². The minimum atomic E-state index is -1.06. The fraction of sp³-hybridized carbons (Fsp3) is 0.579. The summed E-state index contributed by atoms with van der Waals surface area (Å²) in [5.41, 5.74) is 0.702. The maximum absolute atomic E-state index is 12.9. The smallest absolute Gasteiger partial charge is 0.341 e. The Morgan fingerprint density at radius 3 is 2.64 bits per heavy atom. The largest absolute Gasteiger partial charge is 0.490 e. The van der Waals surface area contributed by atoms with Crippen molar-refractivity contribution in [3.63, 3.8) is 0 Å². The van der Waals surface area contributed by atoms with E-state index in [0.717, 1.165) is 32.4 Å². The lowest BCUT2D eigenvalue weighted by atomic mass is 9.79. The van der Waals surface area contributed by atoms with Gasteiger partial charge in [0.1, 0.15) is 0 Å². The maximum atomic E-state index is 12.9. The molecule has 0 saturated carbocycles. The SMILES string of the molecule is CCOc1cc(C(=O)N2CCCC(C)(CC)C2)ccc1OCC(=O)O. The zero-order valence-electron chi connectivity index (χ0n) is 15.2. The fourth-order valence-corrected chi connectivity index (χ4v) is 3.13. The summed E-state index contributed by atoms with van der Waals surface area (Å²) in [4.78, 5) is 25.5. The van der Waals surface area contributed by atoms with Gasteiger partial charge in [0.15, 0.2) is 18.1 Å². The van der Waals surface area contributed by atoms with Crippen LogP contribution in [0.3, 0.4) is 0 Å². The van der Waals surface area contributed by atoms with Crippen LogP contribution in [0.5, 0.6) is 11.5 Å². The molecule has 1 saturated heterocycles. The Balaban J connectivity index is 2.19. The number of amides is 1. The lowest BCUT2D eigenvalue weighted by Gasteiger charge is -2.40. The Kier molecular flexibility index (Phi) is 6.28. The number of carboxylic acid groups (broad SMARTS) is 1. The molecule has 138 valence electrons. The third kappa shape index (κ3) is 4.87. The topological polar surface area (TPSA) is 76.1 Å². The summed E-state index contributed by atoms with van der Waals surface area (Å²) in [6.45, 7) is 7.68. The maximum Gasteiger partial charge on any atom is 0.341 e. The molecule has 1 aliphatic rings. The van der Waals surface area contributed by atoms with Crippen molar-refractivity contribution in [3.8, 4) is 11.5 Å². The normalized spacial score (nSPS) is 20.2. The first-order valence-electron chi connectivity index (χ1n) is 8.79. The van der Waals surface area contributed by atoms with Crippen LogP contribution >= 0.6 is 0 Å². The quantitative estimate of drug-likeness (QED) is 0.818. The third-order valence-electron chi connectivity index (χ3n) is 4.76. The zero-order chi connectivity index (χ0) is 18.4. The molecule has 1 aromatic rings. The average Bonchev–Trinajstić information content (AvgIpc) is 2.60. The van der Waals surface area contributed by atoms with Gasteiger partial charge in [-0.3, -0.25) is 4.79 Å². The number of carbonyl (C=O) groups is 2. The third-order valence-corrected chi connectivity index (χ3v) is 4.76. The Hall–Kier alpha value is -2.24. The van der Waals surface area contributed by atoms with E-state index in [4.69, 9.17) is 14.6 Å². The van der Waals surface area contributed by atoms with Crippen LogP contribution in [0.4, 0.5) is 0 Å². The number of piperidine rings is 1. The van der Waals surface area contributed by atoms with Gasteiger partial charge in [0.25, 0.3) is 5.91 Å². The Labute approximate surface area is 148 Å². The lowest BCUT2D eigenvalue weighted by molar-refractivity contribution is -0.139. The highest BCUT2D eigenvalue weighted by Gasteiger charge is 2.32. The standard InChI is InChI=1S/C19H27NO5/c1-4-19(3)9-6-10-20(13-19)18(23)14-7-8-15(25-12-17(21)22)16(11-14)24-5-2/h7-8,11H,4-6,9-10,12-13H2,1-3H3,(H,21,22). The van der Waals surface area contributed by atoms with Crippen molar-refractivity contribution in [2.24, 2.45) is 5.41 Å². The van der Waals surface area contributed by atoms with Gasteiger partial charge in [0.2, 0.25) is 0 Å². The molecule has 1 aromatic carbocycles. The number of ether oxygens (including phenoxy) is 2. The molecule has 0 radical (unpaired) electrons. The summed E-state index contributed by atoms with van der Waals surface area (Å²) in [5, 5.41) is 8.75. The Bertz CT molecular complexity index is 630. The van der Waals surface area contributed by atoms with Crippen LogP contribution in [0.1, 0.15) is 50.4 Å². The second kappa shape index (κ2) is 8.23. The summed E-state index contributed by atoms with van der Waals surface area (Å²) in [6, 6.07) is 4.91. The highest BCUT2D eigenvalue weighted by molar-refractivity contribution is 5.95. The van der Waals surface area contributed by atoms with Crippen LogP contribution in [0.15, 0.2) is 18.2 Å². The molecule has 1 aliphatic heterocycles. The van der Waals surface area contributed by atoms with Crippen LogP contribution < -0.4 is 9.47 Å². The summed E-state index contributed by atoms with van der Waals surface area (Å²) < 4.78 is 10.8. The molecule has 1 atom stereocenters. The first kappa shape index (κ1) is 19.1. The predicted octanol–water partition coefficient (Wildman–Crippen LogP) is 3.20. The van der Waals surface area contributed by atoms with E-state index in [1.807, 2.05) is 11.8 Å². The van der Waals surface area contributed by atoms with E-state index in [1.54, 1.807) is 18.2 Å². The molecule has 1 unspecified atom stereocenters. The number of carboxylic acids is 1. The van der Waals surface area contributed by atoms with E-state index < -0.39 is 12.6 Å². The van der Waals surface area contributed by atoms with Gasteiger partial charge in [0, 0.05) is 18.7 Å². The van der Waals surface area contributed by atoms with E-state index in [-0.39, 0.29) is 11.3 Å². The average molecular weight is 349 g/mol. The molecule has 2 rings (SSSR count). The Morgan fingerprint density at radius 2 is 2.00 bits per heavy atom. The number of likely N-dealkylation sites (tertiary alicyclic amines) is 1. The van der Waals surface area contributed by atoms with E-state index in [9.17, 15) is 9.59 Å². The summed E-state index contributed by atoms with van der Waals surface area (Å²) in [5.74, 6) is -0.359. The van der Waals surface area contributed by atoms with Gasteiger partial charge in [-0.25, -0.2) is 4.79 Å². The molecule has 25 heavy (non-hydrogen) atoms. The van der Waals surface area contributed by atoms with Crippen molar-refractivity contribution in [2.45, 2.75) is 40.0 Å². The summed E-state index contributed by atoms with van der Waals surface area (Å²) in [6.07, 6.45) is 3.19. The van der Waals surface area contributed by atoms with Crippen molar-refractivity contribution in [1.82, 2.24) is 4.90 Å². The van der Waals surface area contributed by atoms with E-state index in [1.165, 1.54) is 0 Å². The number of hydrogen-bond acceptors (Lipinski definition) is 4. The molecular formula is C19H27NO5. The van der Waals surface area contributed by atoms with Crippen molar-refractivity contribution in [3.05, 3.63) is 23.8 Å². The fourth-order valence-electron chi connectivity index (χ4n) is 3.13. The number of aliphatic carboxylic acids is 1. The first-order valence-corrected chi connectivity index (χ1v) is 8.79. The molecule has 1 heterocycles. The van der Waals surface area contributed by atoms with Crippen molar-refractivity contribution in [1.29, 1.82) is 0 Å². The van der Waals surface area contributed by atoms with Gasteiger partial charge in [-0.05, 0) is 49.8 Å². The molecule has 0 bridgehead atoms. The molecule has 0 spiro atoms. The molecule has 0 aromatic heterocycles. The number of rotatable bonds is 7. The number of benzene rings is 1. The van der Waals surface area contributed by atoms with Crippen LogP contribution in [0.2, 0.25) is 0 Å². The Morgan fingerprint density at radius 1 is 1.24 bits per heavy atom. The van der Waals surface area contributed by atoms with E-state index in [0.29, 0.717) is 23.7 Å². The van der Waals surface area contributed by atoms with E-state index >= 15 is 0 Å². The van der Waals surface area contributed by atoms with Gasteiger partial charge in [-0.1, -0.05) is 13.8 Å². The van der Waals surface area contributed by atoms with Gasteiger partial charge in [0.05, 0.1) is 6.61 Å². The van der Waals surface area contributed by atoms with Crippen LogP contribution in [-0.4, -0.2) is 48.2 Å². The minimum absolute atomic E-state index is 0.0230. The van der Waals surface area contributed by atoms with Crippen molar-refractivity contribution >= 4 is 11.9 Å².